The lowest BCUT2D eigenvalue weighted by atomic mass is 9.81. The first-order chi connectivity index (χ1) is 12.5. The van der Waals surface area contributed by atoms with Crippen molar-refractivity contribution in [2.45, 2.75) is 46.0 Å². The number of hydrogen-bond acceptors (Lipinski definition) is 3. The molecule has 0 amide bonds. The number of fused-ring (bicyclic) bond motifs is 1. The average molecular weight is 351 g/mol. The highest BCUT2D eigenvalue weighted by Gasteiger charge is 2.32. The van der Waals surface area contributed by atoms with Gasteiger partial charge in [-0.1, -0.05) is 43.3 Å². The number of aryl methyl sites for hydroxylation is 1. The molecule has 0 aliphatic heterocycles. The van der Waals surface area contributed by atoms with Gasteiger partial charge >= 0.3 is 5.97 Å². The molecule has 2 aromatic rings. The number of benzene rings is 1. The lowest BCUT2D eigenvalue weighted by molar-refractivity contribution is 0.0542. The Morgan fingerprint density at radius 2 is 2.00 bits per heavy atom. The standard InChI is InChI=1S/C22H25NO3/c1-4-6-11-26-22(25)21-14(3)20-18(23-21)12-17(13-19(20)24)16-9-7-15(5-2)8-10-16/h4,6-10,17,23H,5,11-13H2,1-3H3. The number of carbonyl (C=O) groups is 2. The summed E-state index contributed by atoms with van der Waals surface area (Å²) < 4.78 is 5.23. The number of aromatic nitrogens is 1. The Balaban J connectivity index is 1.84. The van der Waals surface area contributed by atoms with Gasteiger partial charge in [0.15, 0.2) is 5.78 Å². The fraction of sp³-hybridized carbons (Fsp3) is 0.364. The average Bonchev–Trinajstić information content (AvgIpc) is 2.99. The summed E-state index contributed by atoms with van der Waals surface area (Å²) >= 11 is 0. The monoisotopic (exact) mass is 351 g/mol. The summed E-state index contributed by atoms with van der Waals surface area (Å²) in [5, 5.41) is 0. The Morgan fingerprint density at radius 3 is 2.65 bits per heavy atom. The van der Waals surface area contributed by atoms with Crippen molar-refractivity contribution in [2.75, 3.05) is 6.61 Å². The Labute approximate surface area is 154 Å². The zero-order chi connectivity index (χ0) is 18.7. The van der Waals surface area contributed by atoms with Gasteiger partial charge in [-0.15, -0.1) is 0 Å². The predicted octanol–water partition coefficient (Wildman–Crippen LogP) is 4.53. The molecule has 136 valence electrons. The molecular weight excluding hydrogens is 326 g/mol. The minimum absolute atomic E-state index is 0.0945. The van der Waals surface area contributed by atoms with Crippen LogP contribution in [0.1, 0.15) is 69.4 Å². The first-order valence-electron chi connectivity index (χ1n) is 9.16. The Kier molecular flexibility index (Phi) is 5.40. The molecule has 0 saturated heterocycles. The lowest BCUT2D eigenvalue weighted by Crippen LogP contribution is -2.18. The molecule has 1 aliphatic carbocycles. The van der Waals surface area contributed by atoms with Gasteiger partial charge in [-0.25, -0.2) is 4.79 Å². The van der Waals surface area contributed by atoms with Crippen molar-refractivity contribution in [3.05, 3.63) is 70.1 Å². The molecule has 1 heterocycles. The molecule has 0 radical (unpaired) electrons. The quantitative estimate of drug-likeness (QED) is 0.636. The van der Waals surface area contributed by atoms with Crippen LogP contribution < -0.4 is 0 Å². The van der Waals surface area contributed by atoms with Crippen molar-refractivity contribution >= 4 is 11.8 Å². The predicted molar refractivity (Wildman–Crippen MR) is 102 cm³/mol. The normalized spacial score (nSPS) is 16.7. The van der Waals surface area contributed by atoms with Crippen LogP contribution in [-0.4, -0.2) is 23.3 Å². The molecule has 4 heteroatoms. The Hall–Kier alpha value is -2.62. The van der Waals surface area contributed by atoms with Crippen molar-refractivity contribution in [3.63, 3.8) is 0 Å². The number of ketones is 1. The van der Waals surface area contributed by atoms with E-state index < -0.39 is 5.97 Å². The molecule has 26 heavy (non-hydrogen) atoms. The number of rotatable bonds is 5. The number of carbonyl (C=O) groups excluding carboxylic acids is 2. The fourth-order valence-electron chi connectivity index (χ4n) is 3.59. The van der Waals surface area contributed by atoms with Crippen LogP contribution in [0, 0.1) is 6.92 Å². The van der Waals surface area contributed by atoms with Crippen molar-refractivity contribution in [2.24, 2.45) is 0 Å². The van der Waals surface area contributed by atoms with E-state index in [2.05, 4.69) is 36.2 Å². The number of Topliss-reactive ketones (excluding diaryl/α,β-unsaturated/α-hetero) is 1. The van der Waals surface area contributed by atoms with Crippen molar-refractivity contribution in [3.8, 4) is 0 Å². The first kappa shape index (κ1) is 18.2. The third-order valence-corrected chi connectivity index (χ3v) is 5.10. The second-order valence-electron chi connectivity index (χ2n) is 6.77. The van der Waals surface area contributed by atoms with Crippen LogP contribution in [0.2, 0.25) is 0 Å². The van der Waals surface area contributed by atoms with E-state index in [1.807, 2.05) is 19.9 Å². The molecule has 1 aliphatic rings. The summed E-state index contributed by atoms with van der Waals surface area (Å²) in [6.07, 6.45) is 5.82. The fourth-order valence-corrected chi connectivity index (χ4v) is 3.59. The molecule has 0 fully saturated rings. The van der Waals surface area contributed by atoms with Gasteiger partial charge in [0.25, 0.3) is 0 Å². The summed E-state index contributed by atoms with van der Waals surface area (Å²) in [5.74, 6) is -0.172. The highest BCUT2D eigenvalue weighted by atomic mass is 16.5. The topological polar surface area (TPSA) is 59.2 Å². The van der Waals surface area contributed by atoms with E-state index in [9.17, 15) is 9.59 Å². The summed E-state index contributed by atoms with van der Waals surface area (Å²) in [6, 6.07) is 8.48. The molecule has 1 N–H and O–H groups in total. The molecular formula is C22H25NO3. The van der Waals surface area contributed by atoms with Crippen LogP contribution in [0.25, 0.3) is 0 Å². The van der Waals surface area contributed by atoms with E-state index in [-0.39, 0.29) is 18.3 Å². The van der Waals surface area contributed by atoms with Crippen LogP contribution in [0.3, 0.4) is 0 Å². The number of aromatic amines is 1. The summed E-state index contributed by atoms with van der Waals surface area (Å²) in [6.45, 7) is 6.05. The van der Waals surface area contributed by atoms with E-state index in [1.54, 1.807) is 6.08 Å². The van der Waals surface area contributed by atoms with Crippen molar-refractivity contribution in [1.29, 1.82) is 0 Å². The van der Waals surface area contributed by atoms with E-state index in [1.165, 1.54) is 11.1 Å². The summed E-state index contributed by atoms with van der Waals surface area (Å²) in [4.78, 5) is 28.2. The highest BCUT2D eigenvalue weighted by Crippen LogP contribution is 2.35. The number of nitrogens with one attached hydrogen (secondary N) is 1. The van der Waals surface area contributed by atoms with Crippen LogP contribution in [0.4, 0.5) is 0 Å². The third kappa shape index (κ3) is 3.50. The van der Waals surface area contributed by atoms with Crippen molar-refractivity contribution < 1.29 is 14.3 Å². The zero-order valence-electron chi connectivity index (χ0n) is 15.6. The van der Waals surface area contributed by atoms with Gasteiger partial charge in [0.1, 0.15) is 12.3 Å². The van der Waals surface area contributed by atoms with Crippen LogP contribution in [-0.2, 0) is 17.6 Å². The third-order valence-electron chi connectivity index (χ3n) is 5.10. The van der Waals surface area contributed by atoms with E-state index >= 15 is 0 Å². The smallest absolute Gasteiger partial charge is 0.355 e. The Bertz CT molecular complexity index is 843. The molecule has 1 unspecified atom stereocenters. The molecule has 1 aromatic carbocycles. The van der Waals surface area contributed by atoms with Crippen LogP contribution in [0.15, 0.2) is 36.4 Å². The lowest BCUT2D eigenvalue weighted by Gasteiger charge is -2.22. The molecule has 1 atom stereocenters. The number of esters is 1. The van der Waals surface area contributed by atoms with Gasteiger partial charge in [-0.3, -0.25) is 4.79 Å². The molecule has 0 spiro atoms. The number of ether oxygens (including phenoxy) is 1. The van der Waals surface area contributed by atoms with Gasteiger partial charge in [0.05, 0.1) is 0 Å². The minimum atomic E-state index is -0.411. The molecule has 3 rings (SSSR count). The summed E-state index contributed by atoms with van der Waals surface area (Å²) in [7, 11) is 0. The number of allylic oxidation sites excluding steroid dienone is 1. The molecule has 1 aromatic heterocycles. The van der Waals surface area contributed by atoms with Gasteiger partial charge in [0, 0.05) is 17.7 Å². The highest BCUT2D eigenvalue weighted by molar-refractivity contribution is 6.03. The van der Waals surface area contributed by atoms with Crippen LogP contribution >= 0.6 is 0 Å². The Morgan fingerprint density at radius 1 is 1.27 bits per heavy atom. The maximum Gasteiger partial charge on any atom is 0.355 e. The van der Waals surface area contributed by atoms with E-state index in [0.29, 0.717) is 23.2 Å². The van der Waals surface area contributed by atoms with Gasteiger partial charge in [0.2, 0.25) is 0 Å². The second kappa shape index (κ2) is 7.73. The second-order valence-corrected chi connectivity index (χ2v) is 6.77. The van der Waals surface area contributed by atoms with Crippen molar-refractivity contribution in [1.82, 2.24) is 4.98 Å². The SMILES string of the molecule is CC=CCOC(=O)c1[nH]c2c(c1C)C(=O)CC(c1ccc(CC)cc1)C2. The zero-order valence-corrected chi connectivity index (χ0v) is 15.6. The number of hydrogen-bond donors (Lipinski definition) is 1. The first-order valence-corrected chi connectivity index (χ1v) is 9.16. The number of H-pyrrole nitrogens is 1. The van der Waals surface area contributed by atoms with Crippen LogP contribution in [0.5, 0.6) is 0 Å². The minimum Gasteiger partial charge on any atom is -0.457 e. The molecule has 0 saturated carbocycles. The summed E-state index contributed by atoms with van der Waals surface area (Å²) in [5.41, 5.74) is 5.08. The van der Waals surface area contributed by atoms with E-state index in [4.69, 9.17) is 4.74 Å². The van der Waals surface area contributed by atoms with Gasteiger partial charge in [-0.2, -0.15) is 0 Å². The van der Waals surface area contributed by atoms with Gasteiger partial charge in [-0.05, 0) is 49.3 Å². The molecule has 4 nitrogen and oxygen atoms in total. The van der Waals surface area contributed by atoms with E-state index in [0.717, 1.165) is 18.5 Å². The van der Waals surface area contributed by atoms with Gasteiger partial charge < -0.3 is 9.72 Å². The maximum atomic E-state index is 12.7. The largest absolute Gasteiger partial charge is 0.457 e. The molecule has 0 bridgehead atoms. The maximum absolute atomic E-state index is 12.7.